The van der Waals surface area contributed by atoms with E-state index in [9.17, 15) is 4.39 Å². The number of benzene rings is 2. The molecular formula is C16H18ClFN2. The summed E-state index contributed by atoms with van der Waals surface area (Å²) >= 11 is 5.68. The van der Waals surface area contributed by atoms with Crippen molar-refractivity contribution in [3.63, 3.8) is 0 Å². The van der Waals surface area contributed by atoms with Crippen molar-refractivity contribution in [3.8, 4) is 0 Å². The summed E-state index contributed by atoms with van der Waals surface area (Å²) in [6.07, 6.45) is 2.51. The maximum atomic E-state index is 13.4. The molecule has 0 fully saturated rings. The van der Waals surface area contributed by atoms with E-state index in [0.29, 0.717) is 6.42 Å². The van der Waals surface area contributed by atoms with Gasteiger partial charge in [0.25, 0.3) is 0 Å². The molecule has 2 nitrogen and oxygen atoms in total. The molecule has 4 heteroatoms. The molecule has 0 saturated carbocycles. The largest absolute Gasteiger partial charge is 0.271 e. The maximum Gasteiger partial charge on any atom is 0.142 e. The minimum Gasteiger partial charge on any atom is -0.271 e. The van der Waals surface area contributed by atoms with Crippen LogP contribution in [0.15, 0.2) is 48.5 Å². The first kappa shape index (κ1) is 15.0. The van der Waals surface area contributed by atoms with Crippen LogP contribution in [-0.4, -0.2) is 6.04 Å². The Morgan fingerprint density at radius 2 is 1.85 bits per heavy atom. The molecule has 2 rings (SSSR count). The predicted octanol–water partition coefficient (Wildman–Crippen LogP) is 3.49. The summed E-state index contributed by atoms with van der Waals surface area (Å²) in [5.41, 5.74) is 4.96. The maximum absolute atomic E-state index is 13.4. The Bertz CT molecular complexity index is 545. The van der Waals surface area contributed by atoms with Gasteiger partial charge in [0.1, 0.15) is 5.82 Å². The average molecular weight is 293 g/mol. The number of rotatable bonds is 6. The normalized spacial score (nSPS) is 12.3. The average Bonchev–Trinajstić information content (AvgIpc) is 2.48. The van der Waals surface area contributed by atoms with E-state index >= 15 is 0 Å². The first-order valence-corrected chi connectivity index (χ1v) is 7.01. The Morgan fingerprint density at radius 3 is 2.50 bits per heavy atom. The highest BCUT2D eigenvalue weighted by molar-refractivity contribution is 6.30. The highest BCUT2D eigenvalue weighted by Gasteiger charge is 2.09. The molecule has 0 saturated heterocycles. The van der Waals surface area contributed by atoms with Gasteiger partial charge in [-0.15, -0.1) is 0 Å². The number of nitrogens with two attached hydrogens (primary N) is 1. The van der Waals surface area contributed by atoms with Crippen LogP contribution in [0.1, 0.15) is 17.5 Å². The van der Waals surface area contributed by atoms with Gasteiger partial charge in [0, 0.05) is 6.04 Å². The van der Waals surface area contributed by atoms with Gasteiger partial charge in [0.2, 0.25) is 0 Å². The van der Waals surface area contributed by atoms with Gasteiger partial charge in [-0.3, -0.25) is 11.3 Å². The summed E-state index contributed by atoms with van der Waals surface area (Å²) in [6, 6.07) is 15.2. The van der Waals surface area contributed by atoms with E-state index in [1.165, 1.54) is 11.6 Å². The highest BCUT2D eigenvalue weighted by Crippen LogP contribution is 2.17. The molecule has 1 atom stereocenters. The number of aryl methyl sites for hydroxylation is 1. The molecular weight excluding hydrogens is 275 g/mol. The number of hydrogen-bond acceptors (Lipinski definition) is 2. The third-order valence-corrected chi connectivity index (χ3v) is 3.63. The number of hydrazine groups is 1. The van der Waals surface area contributed by atoms with Gasteiger partial charge in [-0.1, -0.05) is 48.0 Å². The molecule has 0 aliphatic carbocycles. The van der Waals surface area contributed by atoms with E-state index in [4.69, 9.17) is 17.4 Å². The van der Waals surface area contributed by atoms with Crippen LogP contribution in [-0.2, 0) is 12.8 Å². The van der Waals surface area contributed by atoms with E-state index in [1.807, 2.05) is 24.3 Å². The minimum atomic E-state index is -0.386. The van der Waals surface area contributed by atoms with Gasteiger partial charge in [0.05, 0.1) is 5.02 Å². The zero-order chi connectivity index (χ0) is 14.4. The lowest BCUT2D eigenvalue weighted by Gasteiger charge is -2.16. The Morgan fingerprint density at radius 1 is 1.10 bits per heavy atom. The lowest BCUT2D eigenvalue weighted by atomic mass is 9.99. The van der Waals surface area contributed by atoms with Crippen molar-refractivity contribution in [2.45, 2.75) is 25.3 Å². The molecule has 2 aromatic carbocycles. The van der Waals surface area contributed by atoms with Crippen molar-refractivity contribution in [2.24, 2.45) is 5.84 Å². The van der Waals surface area contributed by atoms with Crippen molar-refractivity contribution in [1.82, 2.24) is 5.43 Å². The standard InChI is InChI=1S/C16H18ClFN2/c17-15-9-7-13(11-16(15)18)10-14(20-19)8-6-12-4-2-1-3-5-12/h1-5,7,9,11,14,20H,6,8,10,19H2. The molecule has 0 aliphatic rings. The molecule has 0 spiro atoms. The van der Waals surface area contributed by atoms with Crippen LogP contribution in [0.25, 0.3) is 0 Å². The van der Waals surface area contributed by atoms with Gasteiger partial charge >= 0.3 is 0 Å². The van der Waals surface area contributed by atoms with Crippen molar-refractivity contribution in [3.05, 3.63) is 70.5 Å². The van der Waals surface area contributed by atoms with E-state index in [0.717, 1.165) is 18.4 Å². The van der Waals surface area contributed by atoms with Crippen molar-refractivity contribution in [1.29, 1.82) is 0 Å². The first-order chi connectivity index (χ1) is 9.69. The first-order valence-electron chi connectivity index (χ1n) is 6.63. The monoisotopic (exact) mass is 292 g/mol. The minimum absolute atomic E-state index is 0.107. The molecule has 0 bridgehead atoms. The van der Waals surface area contributed by atoms with Crippen molar-refractivity contribution < 1.29 is 4.39 Å². The van der Waals surface area contributed by atoms with Crippen molar-refractivity contribution in [2.75, 3.05) is 0 Å². The summed E-state index contributed by atoms with van der Waals surface area (Å²) in [5.74, 6) is 5.20. The second-order valence-electron chi connectivity index (χ2n) is 4.84. The van der Waals surface area contributed by atoms with Crippen LogP contribution >= 0.6 is 11.6 Å². The Labute approximate surface area is 123 Å². The van der Waals surface area contributed by atoms with Gasteiger partial charge in [-0.05, 0) is 42.5 Å². The van der Waals surface area contributed by atoms with Crippen LogP contribution in [0, 0.1) is 5.82 Å². The second-order valence-corrected chi connectivity index (χ2v) is 5.25. The second kappa shape index (κ2) is 7.39. The predicted molar refractivity (Wildman–Crippen MR) is 81.0 cm³/mol. The van der Waals surface area contributed by atoms with Gasteiger partial charge in [-0.25, -0.2) is 4.39 Å². The topological polar surface area (TPSA) is 38.0 Å². The molecule has 0 aromatic heterocycles. The Kier molecular flexibility index (Phi) is 5.53. The lowest BCUT2D eigenvalue weighted by Crippen LogP contribution is -2.37. The van der Waals surface area contributed by atoms with Crippen LogP contribution < -0.4 is 11.3 Å². The molecule has 2 aromatic rings. The van der Waals surface area contributed by atoms with Crippen molar-refractivity contribution >= 4 is 11.6 Å². The van der Waals surface area contributed by atoms with E-state index in [1.54, 1.807) is 6.07 Å². The molecule has 3 N–H and O–H groups in total. The smallest absolute Gasteiger partial charge is 0.142 e. The Balaban J connectivity index is 1.93. The summed E-state index contributed by atoms with van der Waals surface area (Å²) in [5, 5.41) is 0.148. The molecule has 0 radical (unpaired) electrons. The molecule has 0 aliphatic heterocycles. The van der Waals surface area contributed by atoms with Crippen LogP contribution in [0.3, 0.4) is 0 Å². The third kappa shape index (κ3) is 4.30. The molecule has 1 unspecified atom stereocenters. The van der Waals surface area contributed by atoms with Gasteiger partial charge in [-0.2, -0.15) is 0 Å². The van der Waals surface area contributed by atoms with Crippen LogP contribution in [0.2, 0.25) is 5.02 Å². The van der Waals surface area contributed by atoms with Crippen LogP contribution in [0.4, 0.5) is 4.39 Å². The quantitative estimate of drug-likeness (QED) is 0.632. The zero-order valence-electron chi connectivity index (χ0n) is 11.2. The molecule has 0 heterocycles. The Hall–Kier alpha value is -1.42. The fourth-order valence-electron chi connectivity index (χ4n) is 2.18. The number of nitrogens with one attached hydrogen (secondary N) is 1. The van der Waals surface area contributed by atoms with Crippen LogP contribution in [0.5, 0.6) is 0 Å². The summed E-state index contributed by atoms with van der Waals surface area (Å²) in [7, 11) is 0. The fraction of sp³-hybridized carbons (Fsp3) is 0.250. The molecule has 20 heavy (non-hydrogen) atoms. The molecule has 0 amide bonds. The summed E-state index contributed by atoms with van der Waals surface area (Å²) in [4.78, 5) is 0. The summed E-state index contributed by atoms with van der Waals surface area (Å²) in [6.45, 7) is 0. The molecule has 106 valence electrons. The zero-order valence-corrected chi connectivity index (χ0v) is 11.9. The summed E-state index contributed by atoms with van der Waals surface area (Å²) < 4.78 is 13.4. The highest BCUT2D eigenvalue weighted by atomic mass is 35.5. The van der Waals surface area contributed by atoms with E-state index < -0.39 is 0 Å². The van der Waals surface area contributed by atoms with Gasteiger partial charge < -0.3 is 0 Å². The SMILES string of the molecule is NNC(CCc1ccccc1)Cc1ccc(Cl)c(F)c1. The number of halogens is 2. The lowest BCUT2D eigenvalue weighted by molar-refractivity contribution is 0.490. The van der Waals surface area contributed by atoms with E-state index in [-0.39, 0.29) is 16.9 Å². The fourth-order valence-corrected chi connectivity index (χ4v) is 2.30. The third-order valence-electron chi connectivity index (χ3n) is 3.33. The van der Waals surface area contributed by atoms with E-state index in [2.05, 4.69) is 17.6 Å². The number of hydrogen-bond donors (Lipinski definition) is 2. The van der Waals surface area contributed by atoms with Gasteiger partial charge in [0.15, 0.2) is 0 Å².